The molecule has 0 aliphatic heterocycles. The molecular weight excluding hydrogens is 526 g/mol. The normalized spacial score (nSPS) is 18.7. The Morgan fingerprint density at radius 1 is 0.447 bits per heavy atom. The van der Waals surface area contributed by atoms with Crippen LogP contribution in [0.5, 0.6) is 0 Å². The fraction of sp³-hybridized carbons (Fsp3) is 1.00. The summed E-state index contributed by atoms with van der Waals surface area (Å²) in [6, 6.07) is 0. The predicted octanol–water partition coefficient (Wildman–Crippen LogP) is 9.87. The van der Waals surface area contributed by atoms with E-state index in [-0.39, 0.29) is 0 Å². The van der Waals surface area contributed by atoms with Crippen LogP contribution in [0.2, 0.25) is 0 Å². The van der Waals surface area contributed by atoms with Crippen molar-refractivity contribution >= 4 is 15.6 Å². The largest absolute Gasteiger partial charge is 0.474 e. The molecule has 0 N–H and O–H groups in total. The van der Waals surface area contributed by atoms with Crippen molar-refractivity contribution in [2.75, 3.05) is 39.6 Å². The Morgan fingerprint density at radius 3 is 0.947 bits per heavy atom. The number of phosphoric ester groups is 2. The third kappa shape index (κ3) is 17.8. The first kappa shape index (κ1) is 36.2. The summed E-state index contributed by atoms with van der Waals surface area (Å²) in [7, 11) is -7.09. The molecule has 1 fully saturated rings. The molecular formula is C28H58O8P2. The Bertz CT molecular complexity index is 554. The summed E-state index contributed by atoms with van der Waals surface area (Å²) in [5.74, 6) is 0.584. The summed E-state index contributed by atoms with van der Waals surface area (Å²) in [5.41, 5.74) is 0. The second-order valence-electron chi connectivity index (χ2n) is 10.5. The summed E-state index contributed by atoms with van der Waals surface area (Å²) >= 11 is 0. The molecule has 38 heavy (non-hydrogen) atoms. The average molecular weight is 585 g/mol. The molecule has 0 heterocycles. The number of unbranched alkanes of at least 4 members (excludes halogenated alkanes) is 8. The van der Waals surface area contributed by atoms with E-state index in [1.54, 1.807) is 0 Å². The molecule has 0 unspecified atom stereocenters. The van der Waals surface area contributed by atoms with Crippen molar-refractivity contribution in [3.8, 4) is 0 Å². The van der Waals surface area contributed by atoms with Gasteiger partial charge in [0, 0.05) is 0 Å². The van der Waals surface area contributed by atoms with Crippen molar-refractivity contribution in [1.82, 2.24) is 0 Å². The first-order valence-corrected chi connectivity index (χ1v) is 18.4. The van der Waals surface area contributed by atoms with Crippen LogP contribution in [0.4, 0.5) is 0 Å². The van der Waals surface area contributed by atoms with Crippen molar-refractivity contribution in [2.45, 2.75) is 130 Å². The molecule has 0 bridgehead atoms. The lowest BCUT2D eigenvalue weighted by molar-refractivity contribution is 0.0696. The Morgan fingerprint density at radius 2 is 0.711 bits per heavy atom. The molecule has 228 valence electrons. The van der Waals surface area contributed by atoms with Crippen molar-refractivity contribution in [1.29, 1.82) is 0 Å². The highest BCUT2D eigenvalue weighted by atomic mass is 31.2. The van der Waals surface area contributed by atoms with Crippen LogP contribution in [0.15, 0.2) is 0 Å². The number of phosphoric acid groups is 2. The smallest absolute Gasteiger partial charge is 0.287 e. The Kier molecular flexibility index (Phi) is 21.8. The van der Waals surface area contributed by atoms with Crippen LogP contribution in [0.1, 0.15) is 130 Å². The van der Waals surface area contributed by atoms with Gasteiger partial charge in [-0.15, -0.1) is 0 Å². The van der Waals surface area contributed by atoms with E-state index in [2.05, 4.69) is 27.7 Å². The van der Waals surface area contributed by atoms with Gasteiger partial charge in [0.2, 0.25) is 0 Å². The van der Waals surface area contributed by atoms with Crippen LogP contribution in [0.25, 0.3) is 0 Å². The minimum Gasteiger partial charge on any atom is -0.287 e. The van der Waals surface area contributed by atoms with E-state index < -0.39 is 15.6 Å². The number of hydrogen-bond acceptors (Lipinski definition) is 8. The topological polar surface area (TPSA) is 89.5 Å². The molecule has 8 nitrogen and oxygen atoms in total. The number of rotatable bonds is 26. The monoisotopic (exact) mass is 584 g/mol. The molecule has 0 radical (unpaired) electrons. The van der Waals surface area contributed by atoms with Crippen molar-refractivity contribution in [3.63, 3.8) is 0 Å². The lowest BCUT2D eigenvalue weighted by Gasteiger charge is -2.30. The van der Waals surface area contributed by atoms with Crippen LogP contribution in [0, 0.1) is 11.8 Å². The van der Waals surface area contributed by atoms with Crippen molar-refractivity contribution in [3.05, 3.63) is 0 Å². The highest BCUT2D eigenvalue weighted by Gasteiger charge is 2.32. The van der Waals surface area contributed by atoms with Crippen molar-refractivity contribution < 1.29 is 36.3 Å². The van der Waals surface area contributed by atoms with Crippen LogP contribution >= 0.6 is 15.6 Å². The summed E-state index contributed by atoms with van der Waals surface area (Å²) in [6.07, 6.45) is 15.5. The van der Waals surface area contributed by atoms with E-state index >= 15 is 0 Å². The van der Waals surface area contributed by atoms with Crippen LogP contribution in [0.3, 0.4) is 0 Å². The zero-order valence-corrected chi connectivity index (χ0v) is 26.7. The van der Waals surface area contributed by atoms with Gasteiger partial charge in [-0.3, -0.25) is 27.1 Å². The highest BCUT2D eigenvalue weighted by Crippen LogP contribution is 2.52. The van der Waals surface area contributed by atoms with Gasteiger partial charge in [0.15, 0.2) is 0 Å². The summed E-state index contributed by atoms with van der Waals surface area (Å²) in [4.78, 5) is 0. The standard InChI is InChI=1S/C28H58O8P2/c1-5-9-13-21-31-37(29,32-22-14-10-6-2)35-25-27-17-19-28(20-18-27)26-36-38(30,33-23-15-11-7-3)34-24-16-12-8-4/h27-28H,5-26H2,1-4H3. The molecule has 0 aromatic heterocycles. The molecule has 0 aromatic carbocycles. The fourth-order valence-electron chi connectivity index (χ4n) is 4.30. The van der Waals surface area contributed by atoms with E-state index in [0.717, 1.165) is 103 Å². The maximum Gasteiger partial charge on any atom is 0.474 e. The lowest BCUT2D eigenvalue weighted by Crippen LogP contribution is -2.22. The first-order chi connectivity index (χ1) is 18.4. The zero-order chi connectivity index (χ0) is 28.0. The third-order valence-corrected chi connectivity index (χ3v) is 9.82. The quantitative estimate of drug-likeness (QED) is 0.0733. The highest BCUT2D eigenvalue weighted by molar-refractivity contribution is 7.48. The zero-order valence-electron chi connectivity index (χ0n) is 24.9. The van der Waals surface area contributed by atoms with E-state index in [1.807, 2.05) is 0 Å². The van der Waals surface area contributed by atoms with Crippen LogP contribution < -0.4 is 0 Å². The summed E-state index contributed by atoms with van der Waals surface area (Å²) < 4.78 is 60.5. The molecule has 0 amide bonds. The predicted molar refractivity (Wildman–Crippen MR) is 154 cm³/mol. The molecule has 1 aliphatic carbocycles. The second kappa shape index (κ2) is 22.9. The van der Waals surface area contributed by atoms with E-state index in [0.29, 0.717) is 51.5 Å². The van der Waals surface area contributed by atoms with E-state index in [4.69, 9.17) is 27.1 Å². The minimum atomic E-state index is -3.54. The molecule has 1 aliphatic rings. The molecule has 10 heteroatoms. The number of hydrogen-bond donors (Lipinski definition) is 0. The van der Waals surface area contributed by atoms with Gasteiger partial charge >= 0.3 is 15.6 Å². The van der Waals surface area contributed by atoms with Crippen LogP contribution in [-0.4, -0.2) is 39.6 Å². The molecule has 1 rings (SSSR count). The molecule has 0 aromatic rings. The van der Waals surface area contributed by atoms with Gasteiger partial charge in [-0.25, -0.2) is 9.13 Å². The van der Waals surface area contributed by atoms with Crippen molar-refractivity contribution in [2.24, 2.45) is 11.8 Å². The minimum absolute atomic E-state index is 0.292. The maximum atomic E-state index is 13.2. The van der Waals surface area contributed by atoms with Gasteiger partial charge in [-0.05, 0) is 63.2 Å². The van der Waals surface area contributed by atoms with Gasteiger partial charge in [0.1, 0.15) is 0 Å². The second-order valence-corrected chi connectivity index (χ2v) is 13.9. The molecule has 0 spiro atoms. The van der Waals surface area contributed by atoms with E-state index in [1.165, 1.54) is 0 Å². The van der Waals surface area contributed by atoms with Gasteiger partial charge < -0.3 is 0 Å². The molecule has 0 atom stereocenters. The average Bonchev–Trinajstić information content (AvgIpc) is 2.93. The van der Waals surface area contributed by atoms with Gasteiger partial charge in [-0.1, -0.05) is 79.1 Å². The fourth-order valence-corrected chi connectivity index (χ4v) is 6.94. The first-order valence-electron chi connectivity index (χ1n) is 15.5. The van der Waals surface area contributed by atoms with Gasteiger partial charge in [0.25, 0.3) is 0 Å². The lowest BCUT2D eigenvalue weighted by atomic mass is 9.83. The Hall–Kier alpha value is 0.220. The van der Waals surface area contributed by atoms with Gasteiger partial charge in [-0.2, -0.15) is 0 Å². The van der Waals surface area contributed by atoms with E-state index in [9.17, 15) is 9.13 Å². The van der Waals surface area contributed by atoms with Crippen LogP contribution in [-0.2, 0) is 36.3 Å². The molecule has 1 saturated carbocycles. The maximum absolute atomic E-state index is 13.2. The Balaban J connectivity index is 2.47. The summed E-state index contributed by atoms with van der Waals surface area (Å²) in [5, 5.41) is 0. The molecule has 0 saturated heterocycles. The SMILES string of the molecule is CCCCCOP(=O)(OCCCCC)OCC1CCC(COP(=O)(OCCCCC)OCCCCC)CC1. The third-order valence-electron chi connectivity index (χ3n) is 6.89. The van der Waals surface area contributed by atoms with Gasteiger partial charge in [0.05, 0.1) is 39.6 Å². The summed E-state index contributed by atoms with van der Waals surface area (Å²) in [6.45, 7) is 10.8. The Labute approximate surface area is 233 Å².